The summed E-state index contributed by atoms with van der Waals surface area (Å²) in [5.41, 5.74) is 0.622. The number of rotatable bonds is 4. The number of fused-ring (bicyclic) bond motifs is 1. The van der Waals surface area contributed by atoms with E-state index in [0.29, 0.717) is 16.3 Å². The van der Waals surface area contributed by atoms with Crippen LogP contribution in [0.5, 0.6) is 11.5 Å². The largest absolute Gasteiger partial charge is 0.454 e. The van der Waals surface area contributed by atoms with Crippen molar-refractivity contribution in [1.82, 2.24) is 4.72 Å². The Morgan fingerprint density at radius 1 is 0.967 bits per heavy atom. The SMILES string of the molecule is O=S1(=O)NC(=NCc2cccc(F)c2Cl)Nc2c(Oc3ccccc3Cl)cccc21. The fraction of sp³-hybridized carbons (Fsp3) is 0.0500. The maximum absolute atomic E-state index is 13.6. The molecule has 3 aromatic carbocycles. The molecule has 1 aliphatic heterocycles. The molecule has 2 N–H and O–H groups in total. The van der Waals surface area contributed by atoms with Gasteiger partial charge in [0.25, 0.3) is 10.0 Å². The summed E-state index contributed by atoms with van der Waals surface area (Å²) in [5, 5.41) is 3.23. The van der Waals surface area contributed by atoms with E-state index in [1.165, 1.54) is 18.2 Å². The van der Waals surface area contributed by atoms with E-state index in [1.54, 1.807) is 42.5 Å². The Morgan fingerprint density at radius 2 is 1.70 bits per heavy atom. The first kappa shape index (κ1) is 20.5. The Balaban J connectivity index is 1.69. The molecule has 3 aromatic rings. The maximum Gasteiger partial charge on any atom is 0.266 e. The topological polar surface area (TPSA) is 79.8 Å². The van der Waals surface area contributed by atoms with Crippen molar-refractivity contribution in [3.63, 3.8) is 0 Å². The molecule has 0 saturated heterocycles. The lowest BCUT2D eigenvalue weighted by Crippen LogP contribution is -2.40. The van der Waals surface area contributed by atoms with Crippen molar-refractivity contribution in [3.8, 4) is 11.5 Å². The summed E-state index contributed by atoms with van der Waals surface area (Å²) in [6, 6.07) is 15.8. The molecule has 0 atom stereocenters. The number of benzene rings is 3. The summed E-state index contributed by atoms with van der Waals surface area (Å²) in [4.78, 5) is 4.19. The molecule has 30 heavy (non-hydrogen) atoms. The maximum atomic E-state index is 13.6. The zero-order chi connectivity index (χ0) is 21.3. The minimum Gasteiger partial charge on any atom is -0.454 e. The third kappa shape index (κ3) is 4.07. The molecule has 0 saturated carbocycles. The summed E-state index contributed by atoms with van der Waals surface area (Å²) in [6.07, 6.45) is 0. The zero-order valence-electron chi connectivity index (χ0n) is 15.2. The van der Waals surface area contributed by atoms with E-state index >= 15 is 0 Å². The van der Waals surface area contributed by atoms with Crippen molar-refractivity contribution in [1.29, 1.82) is 0 Å². The second kappa shape index (κ2) is 8.14. The van der Waals surface area contributed by atoms with Crippen LogP contribution in [0.4, 0.5) is 10.1 Å². The van der Waals surface area contributed by atoms with Crippen LogP contribution in [0, 0.1) is 5.82 Å². The van der Waals surface area contributed by atoms with Gasteiger partial charge in [0, 0.05) is 0 Å². The lowest BCUT2D eigenvalue weighted by atomic mass is 10.2. The molecular formula is C20H14Cl2FN3O3S. The quantitative estimate of drug-likeness (QED) is 0.555. The lowest BCUT2D eigenvalue weighted by Gasteiger charge is -2.23. The van der Waals surface area contributed by atoms with E-state index in [0.717, 1.165) is 0 Å². The Kier molecular flexibility index (Phi) is 5.55. The number of guanidine groups is 1. The highest BCUT2D eigenvalue weighted by Gasteiger charge is 2.29. The number of hydrogen-bond acceptors (Lipinski definition) is 4. The molecule has 6 nitrogen and oxygen atoms in total. The molecule has 154 valence electrons. The van der Waals surface area contributed by atoms with Gasteiger partial charge in [-0.2, -0.15) is 0 Å². The van der Waals surface area contributed by atoms with Crippen molar-refractivity contribution in [2.75, 3.05) is 5.32 Å². The first-order valence-electron chi connectivity index (χ1n) is 8.68. The van der Waals surface area contributed by atoms with Crippen LogP contribution in [-0.2, 0) is 16.6 Å². The lowest BCUT2D eigenvalue weighted by molar-refractivity contribution is 0.483. The third-order valence-electron chi connectivity index (χ3n) is 4.25. The minimum absolute atomic E-state index is 0.00482. The van der Waals surface area contributed by atoms with Gasteiger partial charge in [0.15, 0.2) is 5.75 Å². The first-order chi connectivity index (χ1) is 14.3. The Labute approximate surface area is 182 Å². The first-order valence-corrected chi connectivity index (χ1v) is 10.9. The fourth-order valence-corrected chi connectivity index (χ4v) is 4.34. The van der Waals surface area contributed by atoms with Crippen molar-refractivity contribution in [3.05, 3.63) is 82.1 Å². The molecule has 0 radical (unpaired) electrons. The number of halogens is 3. The number of anilines is 1. The van der Waals surface area contributed by atoms with Gasteiger partial charge in [-0.1, -0.05) is 53.5 Å². The average molecular weight is 466 g/mol. The van der Waals surface area contributed by atoms with E-state index in [9.17, 15) is 12.8 Å². The molecule has 1 heterocycles. The Hall–Kier alpha value is -2.81. The summed E-state index contributed by atoms with van der Waals surface area (Å²) < 4.78 is 47.2. The van der Waals surface area contributed by atoms with Crippen molar-refractivity contribution < 1.29 is 17.5 Å². The van der Waals surface area contributed by atoms with Crippen LogP contribution in [0.1, 0.15) is 5.56 Å². The molecule has 0 unspecified atom stereocenters. The number of nitrogens with zero attached hydrogens (tertiary/aromatic N) is 1. The summed E-state index contributed by atoms with van der Waals surface area (Å²) >= 11 is 12.1. The molecule has 4 rings (SSSR count). The van der Waals surface area contributed by atoms with Gasteiger partial charge in [-0.3, -0.25) is 0 Å². The highest BCUT2D eigenvalue weighted by Crippen LogP contribution is 2.38. The van der Waals surface area contributed by atoms with Gasteiger partial charge in [-0.25, -0.2) is 22.5 Å². The molecule has 0 spiro atoms. The molecule has 1 aliphatic rings. The van der Waals surface area contributed by atoms with Crippen LogP contribution in [-0.4, -0.2) is 14.4 Å². The number of para-hydroxylation sites is 2. The predicted octanol–water partition coefficient (Wildman–Crippen LogP) is 5.18. The van der Waals surface area contributed by atoms with E-state index < -0.39 is 15.8 Å². The van der Waals surface area contributed by atoms with Crippen molar-refractivity contribution >= 4 is 44.9 Å². The highest BCUT2D eigenvalue weighted by atomic mass is 35.5. The van der Waals surface area contributed by atoms with Crippen LogP contribution in [0.15, 0.2) is 70.6 Å². The molecule has 0 amide bonds. The minimum atomic E-state index is -3.90. The number of aliphatic imine (C=N–C) groups is 1. The van der Waals surface area contributed by atoms with Gasteiger partial charge >= 0.3 is 0 Å². The van der Waals surface area contributed by atoms with E-state index in [4.69, 9.17) is 27.9 Å². The van der Waals surface area contributed by atoms with Crippen LogP contribution >= 0.6 is 23.2 Å². The highest BCUT2D eigenvalue weighted by molar-refractivity contribution is 7.90. The van der Waals surface area contributed by atoms with Gasteiger partial charge in [-0.05, 0) is 35.9 Å². The summed E-state index contributed by atoms with van der Waals surface area (Å²) in [7, 11) is -3.90. The van der Waals surface area contributed by atoms with Crippen molar-refractivity contribution in [2.45, 2.75) is 11.4 Å². The number of sulfonamides is 1. The van der Waals surface area contributed by atoms with Gasteiger partial charge < -0.3 is 10.1 Å². The third-order valence-corrected chi connectivity index (χ3v) is 6.36. The van der Waals surface area contributed by atoms with Crippen LogP contribution < -0.4 is 14.8 Å². The molecular weight excluding hydrogens is 452 g/mol. The molecule has 10 heteroatoms. The second-order valence-electron chi connectivity index (χ2n) is 6.27. The number of ether oxygens (including phenoxy) is 1. The summed E-state index contributed by atoms with van der Waals surface area (Å²) in [5.74, 6) is 0.00264. The van der Waals surface area contributed by atoms with Gasteiger partial charge in [-0.15, -0.1) is 0 Å². The van der Waals surface area contributed by atoms with Gasteiger partial charge in [0.2, 0.25) is 5.96 Å². The monoisotopic (exact) mass is 465 g/mol. The number of hydrogen-bond donors (Lipinski definition) is 2. The fourth-order valence-electron chi connectivity index (χ4n) is 2.82. The van der Waals surface area contributed by atoms with Gasteiger partial charge in [0.05, 0.1) is 16.6 Å². The van der Waals surface area contributed by atoms with E-state index in [2.05, 4.69) is 15.0 Å². The standard InChI is InChI=1S/C20H14Cl2FN3O3S/c21-13-6-1-2-8-15(13)29-16-9-4-10-17-19(16)25-20(26-30(17,27)28)24-11-12-5-3-7-14(23)18(12)22/h1-10H,11H2,(H2,24,25,26). The van der Waals surface area contributed by atoms with E-state index in [-0.39, 0.29) is 33.9 Å². The smallest absolute Gasteiger partial charge is 0.266 e. The molecule has 0 bridgehead atoms. The Bertz CT molecular complexity index is 1270. The number of nitrogens with one attached hydrogen (secondary N) is 2. The second-order valence-corrected chi connectivity index (χ2v) is 8.71. The molecule has 0 aliphatic carbocycles. The molecule has 0 aromatic heterocycles. The molecule has 0 fully saturated rings. The van der Waals surface area contributed by atoms with E-state index in [1.807, 2.05) is 0 Å². The van der Waals surface area contributed by atoms with Gasteiger partial charge in [0.1, 0.15) is 22.1 Å². The Morgan fingerprint density at radius 3 is 2.50 bits per heavy atom. The summed E-state index contributed by atoms with van der Waals surface area (Å²) in [6.45, 7) is -0.0374. The zero-order valence-corrected chi connectivity index (χ0v) is 17.5. The van der Waals surface area contributed by atoms with Crippen LogP contribution in [0.3, 0.4) is 0 Å². The predicted molar refractivity (Wildman–Crippen MR) is 114 cm³/mol. The van der Waals surface area contributed by atoms with Crippen molar-refractivity contribution in [2.24, 2.45) is 4.99 Å². The average Bonchev–Trinajstić information content (AvgIpc) is 2.71. The van der Waals surface area contributed by atoms with Crippen LogP contribution in [0.25, 0.3) is 0 Å². The van der Waals surface area contributed by atoms with Crippen LogP contribution in [0.2, 0.25) is 10.0 Å². The normalized spacial score (nSPS) is 15.8.